The molecule has 4 heteroatoms. The van der Waals surface area contributed by atoms with Crippen LogP contribution in [-0.2, 0) is 6.42 Å². The maximum Gasteiger partial charge on any atom is 0.264 e. The summed E-state index contributed by atoms with van der Waals surface area (Å²) in [7, 11) is 0. The molecule has 2 atom stereocenters. The third-order valence-corrected chi connectivity index (χ3v) is 4.64. The summed E-state index contributed by atoms with van der Waals surface area (Å²) in [6.45, 7) is 5.36. The Morgan fingerprint density at radius 2 is 2.35 bits per heavy atom. The number of thiophene rings is 1. The summed E-state index contributed by atoms with van der Waals surface area (Å²) >= 11 is 1.56. The molecule has 1 aliphatic rings. The zero-order valence-electron chi connectivity index (χ0n) is 10.3. The molecule has 1 amide bonds. The van der Waals surface area contributed by atoms with Crippen molar-refractivity contribution in [3.63, 3.8) is 0 Å². The highest BCUT2D eigenvalue weighted by Gasteiger charge is 2.28. The first-order valence-corrected chi connectivity index (χ1v) is 6.99. The van der Waals surface area contributed by atoms with Crippen LogP contribution < -0.4 is 0 Å². The first kappa shape index (κ1) is 12.6. The van der Waals surface area contributed by atoms with Crippen LogP contribution in [0.25, 0.3) is 0 Å². The van der Waals surface area contributed by atoms with Crippen molar-refractivity contribution in [2.45, 2.75) is 32.8 Å². The maximum absolute atomic E-state index is 12.2. The van der Waals surface area contributed by atoms with Crippen LogP contribution in [0.5, 0.6) is 0 Å². The molecule has 1 fully saturated rings. The minimum atomic E-state index is -0.377. The second-order valence-electron chi connectivity index (χ2n) is 4.70. The summed E-state index contributed by atoms with van der Waals surface area (Å²) in [5.74, 6) is 0.370. The van der Waals surface area contributed by atoms with Gasteiger partial charge in [-0.1, -0.05) is 13.8 Å². The van der Waals surface area contributed by atoms with Gasteiger partial charge >= 0.3 is 0 Å². The van der Waals surface area contributed by atoms with Gasteiger partial charge in [0.05, 0.1) is 11.0 Å². The van der Waals surface area contributed by atoms with Crippen molar-refractivity contribution < 1.29 is 9.90 Å². The molecule has 0 aromatic carbocycles. The molecule has 0 radical (unpaired) electrons. The van der Waals surface area contributed by atoms with E-state index >= 15 is 0 Å². The largest absolute Gasteiger partial charge is 0.391 e. The second kappa shape index (κ2) is 5.19. The van der Waals surface area contributed by atoms with E-state index in [1.165, 1.54) is 4.88 Å². The van der Waals surface area contributed by atoms with E-state index in [1.54, 1.807) is 16.2 Å². The molecule has 2 unspecified atom stereocenters. The van der Waals surface area contributed by atoms with Gasteiger partial charge in [0.2, 0.25) is 0 Å². The van der Waals surface area contributed by atoms with Gasteiger partial charge in [-0.05, 0) is 30.9 Å². The van der Waals surface area contributed by atoms with Gasteiger partial charge in [0.1, 0.15) is 0 Å². The number of aryl methyl sites for hydroxylation is 1. The highest BCUT2D eigenvalue weighted by atomic mass is 32.1. The molecular formula is C13H19NO2S. The van der Waals surface area contributed by atoms with Crippen molar-refractivity contribution in [3.05, 3.63) is 21.9 Å². The van der Waals surface area contributed by atoms with E-state index in [0.29, 0.717) is 12.5 Å². The molecule has 1 saturated heterocycles. The van der Waals surface area contributed by atoms with E-state index in [1.807, 2.05) is 19.1 Å². The number of aliphatic hydroxyl groups excluding tert-OH is 1. The molecule has 17 heavy (non-hydrogen) atoms. The number of hydrogen-bond donors (Lipinski definition) is 1. The van der Waals surface area contributed by atoms with Crippen LogP contribution in [0.1, 0.15) is 34.8 Å². The molecule has 0 aliphatic carbocycles. The van der Waals surface area contributed by atoms with Gasteiger partial charge < -0.3 is 10.0 Å². The maximum atomic E-state index is 12.2. The standard InChI is InChI=1S/C13H19NO2S/c1-3-10-4-5-12(17-10)13(16)14-7-6-9(2)11(15)8-14/h4-5,9,11,15H,3,6-8H2,1-2H3. The van der Waals surface area contributed by atoms with Gasteiger partial charge in [-0.15, -0.1) is 11.3 Å². The van der Waals surface area contributed by atoms with Crippen molar-refractivity contribution in [3.8, 4) is 0 Å². The highest BCUT2D eigenvalue weighted by Crippen LogP contribution is 2.22. The molecule has 3 nitrogen and oxygen atoms in total. The Bertz CT molecular complexity index is 402. The first-order valence-electron chi connectivity index (χ1n) is 6.18. The van der Waals surface area contributed by atoms with Crippen LogP contribution in [0.3, 0.4) is 0 Å². The normalized spacial score (nSPS) is 25.0. The minimum absolute atomic E-state index is 0.0700. The van der Waals surface area contributed by atoms with Gasteiger partial charge in [0.25, 0.3) is 5.91 Å². The number of aliphatic hydroxyl groups is 1. The Kier molecular flexibility index (Phi) is 3.84. The number of rotatable bonds is 2. The molecule has 0 spiro atoms. The monoisotopic (exact) mass is 253 g/mol. The van der Waals surface area contributed by atoms with Crippen LogP contribution in [0.4, 0.5) is 0 Å². The Labute approximate surface area is 106 Å². The summed E-state index contributed by atoms with van der Waals surface area (Å²) < 4.78 is 0. The topological polar surface area (TPSA) is 40.5 Å². The predicted molar refractivity (Wildman–Crippen MR) is 69.4 cm³/mol. The van der Waals surface area contributed by atoms with E-state index in [2.05, 4.69) is 6.92 Å². The third-order valence-electron chi connectivity index (χ3n) is 3.43. The number of hydrogen-bond acceptors (Lipinski definition) is 3. The Hall–Kier alpha value is -0.870. The molecule has 0 bridgehead atoms. The summed E-state index contributed by atoms with van der Waals surface area (Å²) in [6, 6.07) is 3.91. The van der Waals surface area contributed by atoms with Crippen LogP contribution in [0.2, 0.25) is 0 Å². The molecular weight excluding hydrogens is 234 g/mol. The number of β-amino-alcohol motifs (C(OH)–C–C–N with tert-alkyl or cyclic N) is 1. The van der Waals surface area contributed by atoms with Crippen molar-refractivity contribution in [2.24, 2.45) is 5.92 Å². The fourth-order valence-corrected chi connectivity index (χ4v) is 2.99. The first-order chi connectivity index (χ1) is 8.11. The van der Waals surface area contributed by atoms with Crippen LogP contribution >= 0.6 is 11.3 Å². The Morgan fingerprint density at radius 3 is 2.94 bits per heavy atom. The zero-order chi connectivity index (χ0) is 12.4. The van der Waals surface area contributed by atoms with Gasteiger partial charge in [-0.3, -0.25) is 4.79 Å². The fraction of sp³-hybridized carbons (Fsp3) is 0.615. The van der Waals surface area contributed by atoms with Crippen molar-refractivity contribution >= 4 is 17.2 Å². The van der Waals surface area contributed by atoms with E-state index in [0.717, 1.165) is 24.3 Å². The number of nitrogens with zero attached hydrogens (tertiary/aromatic N) is 1. The average molecular weight is 253 g/mol. The molecule has 1 N–H and O–H groups in total. The number of piperidine rings is 1. The fourth-order valence-electron chi connectivity index (χ4n) is 2.07. The minimum Gasteiger partial charge on any atom is -0.391 e. The molecule has 94 valence electrons. The highest BCUT2D eigenvalue weighted by molar-refractivity contribution is 7.14. The van der Waals surface area contributed by atoms with E-state index in [9.17, 15) is 9.90 Å². The second-order valence-corrected chi connectivity index (χ2v) is 5.87. The smallest absolute Gasteiger partial charge is 0.264 e. The summed E-state index contributed by atoms with van der Waals surface area (Å²) in [5, 5.41) is 9.80. The van der Waals surface area contributed by atoms with Crippen molar-refractivity contribution in [2.75, 3.05) is 13.1 Å². The Morgan fingerprint density at radius 1 is 1.59 bits per heavy atom. The third kappa shape index (κ3) is 2.69. The van der Waals surface area contributed by atoms with Gasteiger partial charge in [-0.2, -0.15) is 0 Å². The van der Waals surface area contributed by atoms with E-state index < -0.39 is 0 Å². The van der Waals surface area contributed by atoms with Crippen molar-refractivity contribution in [1.29, 1.82) is 0 Å². The number of amides is 1. The molecule has 1 aliphatic heterocycles. The van der Waals surface area contributed by atoms with Crippen molar-refractivity contribution in [1.82, 2.24) is 4.90 Å². The summed E-state index contributed by atoms with van der Waals surface area (Å²) in [5.41, 5.74) is 0. The van der Waals surface area contributed by atoms with Gasteiger partial charge in [0, 0.05) is 18.0 Å². The SMILES string of the molecule is CCc1ccc(C(=O)N2CCC(C)C(O)C2)s1. The lowest BCUT2D eigenvalue weighted by Crippen LogP contribution is -2.45. The number of likely N-dealkylation sites (tertiary alicyclic amines) is 1. The molecule has 1 aromatic rings. The quantitative estimate of drug-likeness (QED) is 0.877. The lowest BCUT2D eigenvalue weighted by molar-refractivity contribution is 0.0251. The molecule has 2 heterocycles. The van der Waals surface area contributed by atoms with Crippen LogP contribution in [0.15, 0.2) is 12.1 Å². The van der Waals surface area contributed by atoms with Gasteiger partial charge in [0.15, 0.2) is 0 Å². The lowest BCUT2D eigenvalue weighted by Gasteiger charge is -2.34. The number of carbonyl (C=O) groups is 1. The van der Waals surface area contributed by atoms with Crippen LogP contribution in [-0.4, -0.2) is 35.1 Å². The van der Waals surface area contributed by atoms with E-state index in [4.69, 9.17) is 0 Å². The van der Waals surface area contributed by atoms with Gasteiger partial charge in [-0.25, -0.2) is 0 Å². The zero-order valence-corrected chi connectivity index (χ0v) is 11.2. The molecule has 0 saturated carbocycles. The lowest BCUT2D eigenvalue weighted by atomic mass is 9.96. The summed E-state index contributed by atoms with van der Waals surface area (Å²) in [6.07, 6.45) is 1.48. The molecule has 1 aromatic heterocycles. The van der Waals surface area contributed by atoms with Crippen LogP contribution in [0, 0.1) is 5.92 Å². The predicted octanol–water partition coefficient (Wildman–Crippen LogP) is 2.15. The van der Waals surface area contributed by atoms with E-state index in [-0.39, 0.29) is 12.0 Å². The summed E-state index contributed by atoms with van der Waals surface area (Å²) in [4.78, 5) is 16.0. The molecule has 2 rings (SSSR count). The Balaban J connectivity index is 2.05. The average Bonchev–Trinajstić information content (AvgIpc) is 2.80. The number of carbonyl (C=O) groups excluding carboxylic acids is 1.